The highest BCUT2D eigenvalue weighted by atomic mass is 16.5. The Labute approximate surface area is 189 Å². The van der Waals surface area contributed by atoms with Gasteiger partial charge in [0.15, 0.2) is 11.5 Å². The van der Waals surface area contributed by atoms with Crippen molar-refractivity contribution in [2.45, 2.75) is 33.6 Å². The van der Waals surface area contributed by atoms with Gasteiger partial charge in [0.1, 0.15) is 5.70 Å². The second-order valence-corrected chi connectivity index (χ2v) is 8.72. The van der Waals surface area contributed by atoms with Gasteiger partial charge in [-0.15, -0.1) is 0 Å². The molecule has 2 aliphatic rings. The van der Waals surface area contributed by atoms with E-state index in [2.05, 4.69) is 17.9 Å². The van der Waals surface area contributed by atoms with Crippen molar-refractivity contribution in [2.24, 2.45) is 5.92 Å². The highest BCUT2D eigenvalue weighted by Crippen LogP contribution is 2.40. The lowest BCUT2D eigenvalue weighted by Crippen LogP contribution is -2.39. The van der Waals surface area contributed by atoms with Crippen LogP contribution < -0.4 is 14.4 Å². The number of rotatable bonds is 5. The van der Waals surface area contributed by atoms with Crippen molar-refractivity contribution in [2.75, 3.05) is 32.2 Å². The summed E-state index contributed by atoms with van der Waals surface area (Å²) < 4.78 is 10.7. The van der Waals surface area contributed by atoms with Crippen LogP contribution in [0.2, 0.25) is 0 Å². The number of methoxy groups -OCH3 is 2. The summed E-state index contributed by atoms with van der Waals surface area (Å²) in [5.41, 5.74) is 4.37. The van der Waals surface area contributed by atoms with E-state index in [1.165, 1.54) is 12.0 Å². The maximum absolute atomic E-state index is 13.8. The van der Waals surface area contributed by atoms with E-state index < -0.39 is 0 Å². The summed E-state index contributed by atoms with van der Waals surface area (Å²) in [6.45, 7) is 7.74. The Bertz CT molecular complexity index is 1110. The first-order valence-corrected chi connectivity index (χ1v) is 11.0. The summed E-state index contributed by atoms with van der Waals surface area (Å²) in [5, 5.41) is 0. The molecule has 1 unspecified atom stereocenters. The molecule has 0 bridgehead atoms. The van der Waals surface area contributed by atoms with Crippen LogP contribution in [0.5, 0.6) is 11.5 Å². The average Bonchev–Trinajstić information content (AvgIpc) is 3.03. The number of piperidine rings is 1. The maximum Gasteiger partial charge on any atom is 0.282 e. The number of benzene rings is 2. The summed E-state index contributed by atoms with van der Waals surface area (Å²) in [5.74, 6) is 0.894. The van der Waals surface area contributed by atoms with Crippen molar-refractivity contribution < 1.29 is 19.1 Å². The van der Waals surface area contributed by atoms with E-state index in [1.54, 1.807) is 25.3 Å². The van der Waals surface area contributed by atoms with E-state index >= 15 is 0 Å². The SMILES string of the molecule is COc1ccc(N2C(=O)C(c3ccc(C)cc3C)=C(N3CCCC(C)C3)C2=O)cc1OC. The van der Waals surface area contributed by atoms with E-state index in [1.807, 2.05) is 26.0 Å². The van der Waals surface area contributed by atoms with Crippen LogP contribution >= 0.6 is 0 Å². The number of carbonyl (C=O) groups excluding carboxylic acids is 2. The minimum Gasteiger partial charge on any atom is -0.493 e. The molecule has 4 rings (SSSR count). The zero-order chi connectivity index (χ0) is 23.0. The van der Waals surface area contributed by atoms with Crippen LogP contribution in [0.1, 0.15) is 36.5 Å². The lowest BCUT2D eigenvalue weighted by molar-refractivity contribution is -0.120. The quantitative estimate of drug-likeness (QED) is 0.656. The van der Waals surface area contributed by atoms with E-state index in [-0.39, 0.29) is 11.8 Å². The zero-order valence-corrected chi connectivity index (χ0v) is 19.4. The minimum absolute atomic E-state index is 0.286. The molecule has 0 N–H and O–H groups in total. The Morgan fingerprint density at radius 3 is 2.34 bits per heavy atom. The molecule has 2 aromatic carbocycles. The molecule has 6 heteroatoms. The number of ether oxygens (including phenoxy) is 2. The molecule has 6 nitrogen and oxygen atoms in total. The fourth-order valence-electron chi connectivity index (χ4n) is 4.74. The molecule has 0 aromatic heterocycles. The molecule has 1 fully saturated rings. The Morgan fingerprint density at radius 2 is 1.69 bits per heavy atom. The number of aryl methyl sites for hydroxylation is 2. The van der Waals surface area contributed by atoms with Gasteiger partial charge in [0.2, 0.25) is 0 Å². The van der Waals surface area contributed by atoms with Crippen LogP contribution in [-0.2, 0) is 9.59 Å². The average molecular weight is 435 g/mol. The number of nitrogens with zero attached hydrogens (tertiary/aromatic N) is 2. The zero-order valence-electron chi connectivity index (χ0n) is 19.4. The van der Waals surface area contributed by atoms with Crippen LogP contribution in [-0.4, -0.2) is 44.0 Å². The van der Waals surface area contributed by atoms with Gasteiger partial charge >= 0.3 is 0 Å². The van der Waals surface area contributed by atoms with E-state index in [9.17, 15) is 9.59 Å². The van der Waals surface area contributed by atoms with Gasteiger partial charge in [-0.25, -0.2) is 4.90 Å². The molecule has 168 valence electrons. The number of anilines is 1. The molecule has 0 radical (unpaired) electrons. The smallest absolute Gasteiger partial charge is 0.282 e. The van der Waals surface area contributed by atoms with Crippen LogP contribution in [0.3, 0.4) is 0 Å². The van der Waals surface area contributed by atoms with Crippen molar-refractivity contribution >= 4 is 23.1 Å². The third-order valence-corrected chi connectivity index (χ3v) is 6.31. The Balaban J connectivity index is 1.85. The molecule has 1 atom stereocenters. The summed E-state index contributed by atoms with van der Waals surface area (Å²) in [6.07, 6.45) is 2.13. The second kappa shape index (κ2) is 8.69. The molecule has 2 heterocycles. The maximum atomic E-state index is 13.8. The van der Waals surface area contributed by atoms with Crippen molar-refractivity contribution in [1.82, 2.24) is 4.90 Å². The number of likely N-dealkylation sites (tertiary alicyclic amines) is 1. The van der Waals surface area contributed by atoms with Crippen molar-refractivity contribution in [1.29, 1.82) is 0 Å². The summed E-state index contributed by atoms with van der Waals surface area (Å²) in [6, 6.07) is 11.1. The van der Waals surface area contributed by atoms with E-state index in [0.29, 0.717) is 34.4 Å². The molecular formula is C26H30N2O4. The number of carbonyl (C=O) groups is 2. The van der Waals surface area contributed by atoms with Crippen LogP contribution in [0.25, 0.3) is 5.57 Å². The van der Waals surface area contributed by atoms with Crippen molar-refractivity contribution in [3.8, 4) is 11.5 Å². The lowest BCUT2D eigenvalue weighted by Gasteiger charge is -2.33. The summed E-state index contributed by atoms with van der Waals surface area (Å²) in [7, 11) is 3.09. The Kier molecular flexibility index (Phi) is 5.96. The largest absolute Gasteiger partial charge is 0.493 e. The normalized spacial score (nSPS) is 19.1. The molecule has 2 aromatic rings. The minimum atomic E-state index is -0.303. The summed E-state index contributed by atoms with van der Waals surface area (Å²) >= 11 is 0. The molecule has 1 saturated heterocycles. The number of imide groups is 1. The molecule has 0 spiro atoms. The number of hydrogen-bond acceptors (Lipinski definition) is 5. The van der Waals surface area contributed by atoms with Gasteiger partial charge in [0.25, 0.3) is 11.8 Å². The lowest BCUT2D eigenvalue weighted by atomic mass is 9.95. The van der Waals surface area contributed by atoms with Gasteiger partial charge in [0.05, 0.1) is 25.5 Å². The first-order valence-electron chi connectivity index (χ1n) is 11.0. The van der Waals surface area contributed by atoms with Gasteiger partial charge in [-0.2, -0.15) is 0 Å². The fourth-order valence-corrected chi connectivity index (χ4v) is 4.74. The van der Waals surface area contributed by atoms with E-state index in [4.69, 9.17) is 9.47 Å². The number of hydrogen-bond donors (Lipinski definition) is 0. The third-order valence-electron chi connectivity index (χ3n) is 6.31. The van der Waals surface area contributed by atoms with Crippen LogP contribution in [0, 0.1) is 19.8 Å². The molecule has 0 aliphatic carbocycles. The van der Waals surface area contributed by atoms with Crippen LogP contribution in [0.4, 0.5) is 5.69 Å². The predicted molar refractivity (Wildman–Crippen MR) is 125 cm³/mol. The van der Waals surface area contributed by atoms with E-state index in [0.717, 1.165) is 42.6 Å². The molecule has 2 aliphatic heterocycles. The first-order chi connectivity index (χ1) is 15.3. The fraction of sp³-hybridized carbons (Fsp3) is 0.385. The van der Waals surface area contributed by atoms with Gasteiger partial charge in [0, 0.05) is 19.2 Å². The van der Waals surface area contributed by atoms with Crippen LogP contribution in [0.15, 0.2) is 42.1 Å². The molecule has 32 heavy (non-hydrogen) atoms. The second-order valence-electron chi connectivity index (χ2n) is 8.72. The third kappa shape index (κ3) is 3.74. The Morgan fingerprint density at radius 1 is 0.938 bits per heavy atom. The molecule has 2 amide bonds. The van der Waals surface area contributed by atoms with Crippen molar-refractivity contribution in [3.05, 3.63) is 58.8 Å². The monoisotopic (exact) mass is 434 g/mol. The van der Waals surface area contributed by atoms with Gasteiger partial charge in [-0.3, -0.25) is 9.59 Å². The summed E-state index contributed by atoms with van der Waals surface area (Å²) in [4.78, 5) is 30.9. The molecule has 0 saturated carbocycles. The number of amides is 2. The van der Waals surface area contributed by atoms with Gasteiger partial charge < -0.3 is 14.4 Å². The van der Waals surface area contributed by atoms with Gasteiger partial charge in [-0.1, -0.05) is 30.7 Å². The molecular weight excluding hydrogens is 404 g/mol. The Hall–Kier alpha value is -3.28. The standard InChI is InChI=1S/C26H30N2O4/c1-16-8-10-20(18(3)13-16)23-24(27-12-6-7-17(2)15-27)26(30)28(25(23)29)19-9-11-21(31-4)22(14-19)32-5/h8-11,13-14,17H,6-7,12,15H2,1-5H3. The highest BCUT2D eigenvalue weighted by molar-refractivity contribution is 6.45. The van der Waals surface area contributed by atoms with Gasteiger partial charge in [-0.05, 0) is 55.9 Å². The first kappa shape index (κ1) is 21.9. The predicted octanol–water partition coefficient (Wildman–Crippen LogP) is 4.34. The van der Waals surface area contributed by atoms with Crippen molar-refractivity contribution in [3.63, 3.8) is 0 Å². The highest BCUT2D eigenvalue weighted by Gasteiger charge is 2.43. The topological polar surface area (TPSA) is 59.1 Å².